The summed E-state index contributed by atoms with van der Waals surface area (Å²) in [6, 6.07) is 14.4. The summed E-state index contributed by atoms with van der Waals surface area (Å²) in [6.07, 6.45) is 0. The van der Waals surface area contributed by atoms with Crippen molar-refractivity contribution in [1.82, 2.24) is 9.97 Å². The molecule has 0 unspecified atom stereocenters. The van der Waals surface area contributed by atoms with Crippen molar-refractivity contribution in [2.24, 2.45) is 0 Å². The quantitative estimate of drug-likeness (QED) is 0.660. The molecule has 0 saturated heterocycles. The summed E-state index contributed by atoms with van der Waals surface area (Å²) in [5.74, 6) is -0.341. The number of hydrogen-bond acceptors (Lipinski definition) is 3. The van der Waals surface area contributed by atoms with E-state index in [1.807, 2.05) is 18.2 Å². The molecule has 0 spiro atoms. The van der Waals surface area contributed by atoms with E-state index in [-0.39, 0.29) is 17.1 Å². The van der Waals surface area contributed by atoms with Crippen LogP contribution in [0.15, 0.2) is 42.5 Å². The zero-order chi connectivity index (χ0) is 16.6. The van der Waals surface area contributed by atoms with Gasteiger partial charge in [-0.25, -0.2) is 14.4 Å². The van der Waals surface area contributed by atoms with E-state index in [0.717, 1.165) is 10.9 Å². The fourth-order valence-corrected chi connectivity index (χ4v) is 2.50. The van der Waals surface area contributed by atoms with E-state index in [1.165, 1.54) is 17.7 Å². The molecule has 0 N–H and O–H groups in total. The van der Waals surface area contributed by atoms with Crippen molar-refractivity contribution in [2.75, 3.05) is 0 Å². The Kier molecular flexibility index (Phi) is 3.57. The Labute approximate surface area is 134 Å². The van der Waals surface area contributed by atoms with Crippen molar-refractivity contribution in [3.63, 3.8) is 0 Å². The lowest BCUT2D eigenvalue weighted by Gasteiger charge is -2.19. The van der Waals surface area contributed by atoms with Gasteiger partial charge < -0.3 is 0 Å². The molecule has 0 aliphatic rings. The van der Waals surface area contributed by atoms with Crippen LogP contribution in [0.3, 0.4) is 0 Å². The van der Waals surface area contributed by atoms with Crippen LogP contribution in [0.1, 0.15) is 32.2 Å². The highest BCUT2D eigenvalue weighted by Crippen LogP contribution is 2.29. The standard InChI is InChI=1S/C19H16FN3/c1-19(2,3)13-6-4-12(5-7-13)18-15-9-8-14(20)10-16(15)22-17(11-21)23-18/h4-10H,1-3H3. The summed E-state index contributed by atoms with van der Waals surface area (Å²) in [5, 5.41) is 9.85. The maximum Gasteiger partial charge on any atom is 0.233 e. The lowest BCUT2D eigenvalue weighted by Crippen LogP contribution is -2.10. The van der Waals surface area contributed by atoms with Crippen LogP contribution in [0.25, 0.3) is 22.2 Å². The smallest absolute Gasteiger partial charge is 0.219 e. The van der Waals surface area contributed by atoms with Crippen LogP contribution in [0.4, 0.5) is 4.39 Å². The molecule has 0 radical (unpaired) electrons. The molecule has 0 aliphatic heterocycles. The molecular formula is C19H16FN3. The van der Waals surface area contributed by atoms with Crippen LogP contribution >= 0.6 is 0 Å². The Bertz CT molecular complexity index is 916. The topological polar surface area (TPSA) is 49.6 Å². The number of aromatic nitrogens is 2. The molecule has 1 aromatic heterocycles. The first-order valence-corrected chi connectivity index (χ1v) is 7.37. The Morgan fingerprint density at radius 3 is 2.30 bits per heavy atom. The second-order valence-electron chi connectivity index (χ2n) is 6.50. The first-order valence-electron chi connectivity index (χ1n) is 7.37. The summed E-state index contributed by atoms with van der Waals surface area (Å²) >= 11 is 0. The molecular weight excluding hydrogens is 289 g/mol. The summed E-state index contributed by atoms with van der Waals surface area (Å²) in [4.78, 5) is 8.40. The number of halogens is 1. The van der Waals surface area contributed by atoms with Crippen molar-refractivity contribution in [3.05, 3.63) is 59.7 Å². The van der Waals surface area contributed by atoms with E-state index in [0.29, 0.717) is 11.2 Å². The van der Waals surface area contributed by atoms with Gasteiger partial charge in [0.2, 0.25) is 5.82 Å². The minimum Gasteiger partial charge on any atom is -0.219 e. The molecule has 0 amide bonds. The van der Waals surface area contributed by atoms with E-state index in [1.54, 1.807) is 6.07 Å². The Morgan fingerprint density at radius 2 is 1.70 bits per heavy atom. The first kappa shape index (κ1) is 15.1. The summed E-state index contributed by atoms with van der Waals surface area (Å²) in [5.41, 5.74) is 3.24. The highest BCUT2D eigenvalue weighted by Gasteiger charge is 2.15. The summed E-state index contributed by atoms with van der Waals surface area (Å²) < 4.78 is 13.4. The zero-order valence-electron chi connectivity index (χ0n) is 13.3. The molecule has 23 heavy (non-hydrogen) atoms. The monoisotopic (exact) mass is 305 g/mol. The fraction of sp³-hybridized carbons (Fsp3) is 0.211. The minimum atomic E-state index is -0.380. The highest BCUT2D eigenvalue weighted by atomic mass is 19.1. The predicted octanol–water partition coefficient (Wildman–Crippen LogP) is 4.61. The van der Waals surface area contributed by atoms with Crippen LogP contribution in [0.2, 0.25) is 0 Å². The van der Waals surface area contributed by atoms with Gasteiger partial charge >= 0.3 is 0 Å². The van der Waals surface area contributed by atoms with Gasteiger partial charge in [0.1, 0.15) is 11.9 Å². The van der Waals surface area contributed by atoms with Gasteiger partial charge in [0.15, 0.2) is 0 Å². The van der Waals surface area contributed by atoms with E-state index >= 15 is 0 Å². The zero-order valence-corrected chi connectivity index (χ0v) is 13.3. The molecule has 1 heterocycles. The molecule has 4 heteroatoms. The minimum absolute atomic E-state index is 0.0398. The van der Waals surface area contributed by atoms with Gasteiger partial charge in [0.05, 0.1) is 11.2 Å². The van der Waals surface area contributed by atoms with Crippen LogP contribution < -0.4 is 0 Å². The van der Waals surface area contributed by atoms with Gasteiger partial charge in [-0.05, 0) is 23.1 Å². The third-order valence-electron chi connectivity index (χ3n) is 3.78. The van der Waals surface area contributed by atoms with Crippen molar-refractivity contribution in [3.8, 4) is 17.3 Å². The van der Waals surface area contributed by atoms with Crippen LogP contribution in [-0.4, -0.2) is 9.97 Å². The van der Waals surface area contributed by atoms with Gasteiger partial charge in [-0.15, -0.1) is 0 Å². The van der Waals surface area contributed by atoms with Crippen molar-refractivity contribution < 1.29 is 4.39 Å². The molecule has 2 aromatic carbocycles. The fourth-order valence-electron chi connectivity index (χ4n) is 2.50. The number of nitrogens with zero attached hydrogens (tertiary/aromatic N) is 3. The second kappa shape index (κ2) is 5.44. The largest absolute Gasteiger partial charge is 0.233 e. The molecule has 3 aromatic rings. The molecule has 0 bridgehead atoms. The van der Waals surface area contributed by atoms with Gasteiger partial charge in [-0.1, -0.05) is 45.0 Å². The number of benzene rings is 2. The lowest BCUT2D eigenvalue weighted by atomic mass is 9.86. The Hall–Kier alpha value is -2.80. The van der Waals surface area contributed by atoms with E-state index in [2.05, 4.69) is 42.9 Å². The van der Waals surface area contributed by atoms with Crippen LogP contribution in [0.5, 0.6) is 0 Å². The third kappa shape index (κ3) is 2.91. The molecule has 0 aliphatic carbocycles. The molecule has 0 atom stereocenters. The number of nitriles is 1. The van der Waals surface area contributed by atoms with Gasteiger partial charge in [-0.3, -0.25) is 0 Å². The van der Waals surface area contributed by atoms with E-state index < -0.39 is 0 Å². The van der Waals surface area contributed by atoms with Crippen molar-refractivity contribution >= 4 is 10.9 Å². The van der Waals surface area contributed by atoms with Crippen LogP contribution in [-0.2, 0) is 5.41 Å². The highest BCUT2D eigenvalue weighted by molar-refractivity contribution is 5.92. The molecule has 0 fully saturated rings. The average Bonchev–Trinajstić information content (AvgIpc) is 2.52. The molecule has 3 nitrogen and oxygen atoms in total. The van der Waals surface area contributed by atoms with E-state index in [4.69, 9.17) is 5.26 Å². The number of fused-ring (bicyclic) bond motifs is 1. The van der Waals surface area contributed by atoms with Gasteiger partial charge in [0.25, 0.3) is 0 Å². The predicted molar refractivity (Wildman–Crippen MR) is 88.3 cm³/mol. The maximum atomic E-state index is 13.4. The lowest BCUT2D eigenvalue weighted by molar-refractivity contribution is 0.590. The molecule has 0 saturated carbocycles. The van der Waals surface area contributed by atoms with Crippen molar-refractivity contribution in [2.45, 2.75) is 26.2 Å². The normalized spacial score (nSPS) is 11.4. The second-order valence-corrected chi connectivity index (χ2v) is 6.50. The number of rotatable bonds is 1. The Balaban J connectivity index is 2.21. The third-order valence-corrected chi connectivity index (χ3v) is 3.78. The first-order chi connectivity index (χ1) is 10.9. The van der Waals surface area contributed by atoms with E-state index in [9.17, 15) is 4.39 Å². The van der Waals surface area contributed by atoms with Gasteiger partial charge in [-0.2, -0.15) is 5.26 Å². The molecule has 114 valence electrons. The van der Waals surface area contributed by atoms with Gasteiger partial charge in [0, 0.05) is 17.0 Å². The molecule has 3 rings (SSSR count). The van der Waals surface area contributed by atoms with Crippen LogP contribution in [0, 0.1) is 17.1 Å². The average molecular weight is 305 g/mol. The van der Waals surface area contributed by atoms with Crippen molar-refractivity contribution in [1.29, 1.82) is 5.26 Å². The Morgan fingerprint density at radius 1 is 1.00 bits per heavy atom. The number of hydrogen-bond donors (Lipinski definition) is 0. The summed E-state index contributed by atoms with van der Waals surface area (Å²) in [7, 11) is 0. The maximum absolute atomic E-state index is 13.4. The SMILES string of the molecule is CC(C)(C)c1ccc(-c2nc(C#N)nc3cc(F)ccc23)cc1. The summed E-state index contributed by atoms with van der Waals surface area (Å²) in [6.45, 7) is 6.45.